The van der Waals surface area contributed by atoms with Crippen LogP contribution in [0.15, 0.2) is 33.5 Å². The van der Waals surface area contributed by atoms with Crippen molar-refractivity contribution in [2.45, 2.75) is 13.8 Å². The average molecular weight is 478 g/mol. The maximum atomic E-state index is 10.9. The average Bonchev–Trinajstić information content (AvgIpc) is 2.58. The van der Waals surface area contributed by atoms with E-state index in [2.05, 4.69) is 46.6 Å². The van der Waals surface area contributed by atoms with E-state index >= 15 is 0 Å². The molecule has 11 heteroatoms. The van der Waals surface area contributed by atoms with E-state index in [4.69, 9.17) is 0 Å². The van der Waals surface area contributed by atoms with Gasteiger partial charge in [-0.1, -0.05) is 0 Å². The highest BCUT2D eigenvalue weighted by molar-refractivity contribution is 9.10. The van der Waals surface area contributed by atoms with Gasteiger partial charge in [-0.3, -0.25) is 25.3 Å². The van der Waals surface area contributed by atoms with Crippen molar-refractivity contribution in [1.82, 2.24) is 9.97 Å². The second-order valence-electron chi connectivity index (χ2n) is 4.56. The van der Waals surface area contributed by atoms with E-state index in [-0.39, 0.29) is 11.4 Å². The number of nitro groups is 1. The first-order chi connectivity index (χ1) is 11.7. The standard InChI is InChI=1S/C8H9BrN2O3.C6H5BrN2O2/c1-5-7(9)3-6(4-10-5)11(13)8(12)14-2;1-4-6(7)2-5(3-8-4)9(10)11/h3-4,13H,1-2H3;2-3H,1H3. The van der Waals surface area contributed by atoms with Crippen molar-refractivity contribution in [1.29, 1.82) is 0 Å². The lowest BCUT2D eigenvalue weighted by atomic mass is 10.3. The summed E-state index contributed by atoms with van der Waals surface area (Å²) < 4.78 is 5.70. The van der Waals surface area contributed by atoms with Crippen molar-refractivity contribution in [2.24, 2.45) is 0 Å². The van der Waals surface area contributed by atoms with Crippen molar-refractivity contribution in [3.05, 3.63) is 55.0 Å². The molecule has 0 spiro atoms. The first kappa shape index (κ1) is 20.9. The molecule has 0 aliphatic carbocycles. The van der Waals surface area contributed by atoms with Crippen molar-refractivity contribution in [3.63, 3.8) is 0 Å². The molecule has 2 rings (SSSR count). The number of methoxy groups -OCH3 is 1. The highest BCUT2D eigenvalue weighted by atomic mass is 79.9. The van der Waals surface area contributed by atoms with Crippen molar-refractivity contribution >= 4 is 49.3 Å². The smallest absolute Gasteiger partial charge is 0.438 e. The molecule has 2 aromatic heterocycles. The van der Waals surface area contributed by atoms with Crippen LogP contribution in [0.1, 0.15) is 11.4 Å². The number of hydroxylamine groups is 1. The van der Waals surface area contributed by atoms with Gasteiger partial charge < -0.3 is 4.74 Å². The topological polar surface area (TPSA) is 119 Å². The maximum absolute atomic E-state index is 10.9. The summed E-state index contributed by atoms with van der Waals surface area (Å²) >= 11 is 6.38. The predicted octanol–water partition coefficient (Wildman–Crippen LogP) is 4.18. The molecule has 0 aliphatic rings. The molecule has 0 fully saturated rings. The zero-order valence-corrected chi connectivity index (χ0v) is 16.6. The maximum Gasteiger partial charge on any atom is 0.438 e. The first-order valence-corrected chi connectivity index (χ1v) is 8.21. The molecule has 0 aromatic carbocycles. The quantitative estimate of drug-likeness (QED) is 0.391. The van der Waals surface area contributed by atoms with Gasteiger partial charge in [0.1, 0.15) is 6.20 Å². The molecule has 0 atom stereocenters. The Morgan fingerprint density at radius 2 is 1.72 bits per heavy atom. The molecule has 0 aliphatic heterocycles. The van der Waals surface area contributed by atoms with Gasteiger partial charge in [-0.2, -0.15) is 5.06 Å². The molecular weight excluding hydrogens is 464 g/mol. The fourth-order valence-electron chi connectivity index (χ4n) is 1.40. The molecule has 25 heavy (non-hydrogen) atoms. The van der Waals surface area contributed by atoms with Crippen LogP contribution in [0, 0.1) is 24.0 Å². The van der Waals surface area contributed by atoms with E-state index in [0.717, 1.165) is 11.4 Å². The number of aromatic nitrogens is 2. The van der Waals surface area contributed by atoms with Gasteiger partial charge in [-0.05, 0) is 51.8 Å². The molecule has 0 radical (unpaired) electrons. The van der Waals surface area contributed by atoms with E-state index in [1.165, 1.54) is 25.6 Å². The second-order valence-corrected chi connectivity index (χ2v) is 6.27. The lowest BCUT2D eigenvalue weighted by Crippen LogP contribution is -2.26. The molecule has 0 saturated carbocycles. The third-order valence-corrected chi connectivity index (χ3v) is 4.43. The minimum Gasteiger partial charge on any atom is -0.451 e. The van der Waals surface area contributed by atoms with E-state index in [1.54, 1.807) is 19.9 Å². The Morgan fingerprint density at radius 1 is 1.20 bits per heavy atom. The van der Waals surface area contributed by atoms with Crippen molar-refractivity contribution in [2.75, 3.05) is 12.2 Å². The lowest BCUT2D eigenvalue weighted by molar-refractivity contribution is -0.385. The molecule has 0 saturated heterocycles. The highest BCUT2D eigenvalue weighted by Crippen LogP contribution is 2.21. The van der Waals surface area contributed by atoms with Gasteiger partial charge in [-0.25, -0.2) is 4.79 Å². The number of halogens is 2. The van der Waals surface area contributed by atoms with Gasteiger partial charge in [0, 0.05) is 15.0 Å². The SMILES string of the molecule is COC(=O)N(O)c1cnc(C)c(Br)c1.Cc1ncc([N+](=O)[O-])cc1Br. The van der Waals surface area contributed by atoms with Crippen LogP contribution < -0.4 is 5.06 Å². The third-order valence-electron chi connectivity index (χ3n) is 2.82. The molecule has 1 amide bonds. The monoisotopic (exact) mass is 476 g/mol. The summed E-state index contributed by atoms with van der Waals surface area (Å²) in [6.45, 7) is 3.57. The van der Waals surface area contributed by atoms with E-state index in [0.29, 0.717) is 14.0 Å². The van der Waals surface area contributed by atoms with E-state index < -0.39 is 11.0 Å². The van der Waals surface area contributed by atoms with Gasteiger partial charge >= 0.3 is 6.09 Å². The van der Waals surface area contributed by atoms with Crippen LogP contribution in [-0.4, -0.2) is 33.3 Å². The number of carbonyl (C=O) groups excluding carboxylic acids is 1. The third kappa shape index (κ3) is 6.03. The van der Waals surface area contributed by atoms with Gasteiger partial charge in [0.15, 0.2) is 0 Å². The zero-order valence-electron chi connectivity index (χ0n) is 13.4. The summed E-state index contributed by atoms with van der Waals surface area (Å²) in [5, 5.41) is 19.9. The Balaban J connectivity index is 0.000000257. The molecule has 9 nitrogen and oxygen atoms in total. The predicted molar refractivity (Wildman–Crippen MR) is 96.7 cm³/mol. The summed E-state index contributed by atoms with van der Waals surface area (Å²) in [4.78, 5) is 28.4. The summed E-state index contributed by atoms with van der Waals surface area (Å²) in [6.07, 6.45) is 1.75. The largest absolute Gasteiger partial charge is 0.451 e. The number of amides is 1. The zero-order chi connectivity index (χ0) is 19.1. The number of carbonyl (C=O) groups is 1. The van der Waals surface area contributed by atoms with E-state index in [1.807, 2.05) is 0 Å². The summed E-state index contributed by atoms with van der Waals surface area (Å²) in [5.74, 6) is 0. The van der Waals surface area contributed by atoms with Crippen LogP contribution >= 0.6 is 31.9 Å². The lowest BCUT2D eigenvalue weighted by Gasteiger charge is -2.13. The fourth-order valence-corrected chi connectivity index (χ4v) is 2.07. The molecule has 2 heterocycles. The van der Waals surface area contributed by atoms with Crippen LogP contribution in [-0.2, 0) is 4.74 Å². The van der Waals surface area contributed by atoms with Crippen molar-refractivity contribution < 1.29 is 19.7 Å². The summed E-state index contributed by atoms with van der Waals surface area (Å²) in [6, 6.07) is 3.00. The van der Waals surface area contributed by atoms with Crippen molar-refractivity contribution in [3.8, 4) is 0 Å². The van der Waals surface area contributed by atoms with Gasteiger partial charge in [0.05, 0.1) is 35.3 Å². The number of aryl methyl sites for hydroxylation is 2. The van der Waals surface area contributed by atoms with Gasteiger partial charge in [0.25, 0.3) is 5.69 Å². The summed E-state index contributed by atoms with van der Waals surface area (Å²) in [5.41, 5.74) is 1.76. The Morgan fingerprint density at radius 3 is 2.16 bits per heavy atom. The van der Waals surface area contributed by atoms with Crippen LogP contribution in [0.4, 0.5) is 16.2 Å². The molecular formula is C14H14Br2N4O5. The Bertz CT molecular complexity index is 788. The molecule has 2 aromatic rings. The Labute approximate surface area is 160 Å². The number of hydrogen-bond donors (Lipinski definition) is 1. The number of anilines is 1. The Hall–Kier alpha value is -2.11. The van der Waals surface area contributed by atoms with Crippen LogP contribution in [0.2, 0.25) is 0 Å². The summed E-state index contributed by atoms with van der Waals surface area (Å²) in [7, 11) is 1.18. The number of hydrogen-bond acceptors (Lipinski definition) is 7. The number of nitrogens with zero attached hydrogens (tertiary/aromatic N) is 4. The molecule has 0 bridgehead atoms. The first-order valence-electron chi connectivity index (χ1n) is 6.63. The van der Waals surface area contributed by atoms with Crippen LogP contribution in [0.5, 0.6) is 0 Å². The number of pyridine rings is 2. The highest BCUT2D eigenvalue weighted by Gasteiger charge is 2.14. The van der Waals surface area contributed by atoms with Gasteiger partial charge in [-0.15, -0.1) is 0 Å². The molecule has 0 unspecified atom stereocenters. The second kappa shape index (κ2) is 9.39. The minimum absolute atomic E-state index is 0.00229. The Kier molecular flexibility index (Phi) is 7.87. The van der Waals surface area contributed by atoms with E-state index in [9.17, 15) is 20.1 Å². The van der Waals surface area contributed by atoms with Crippen LogP contribution in [0.25, 0.3) is 0 Å². The molecule has 134 valence electrons. The molecule has 1 N–H and O–H groups in total. The minimum atomic E-state index is -0.859. The van der Waals surface area contributed by atoms with Crippen LogP contribution in [0.3, 0.4) is 0 Å². The van der Waals surface area contributed by atoms with Gasteiger partial charge in [0.2, 0.25) is 0 Å². The normalized spacial score (nSPS) is 9.68. The number of ether oxygens (including phenoxy) is 1. The number of rotatable bonds is 2. The fraction of sp³-hybridized carbons (Fsp3) is 0.214.